The van der Waals surface area contributed by atoms with Gasteiger partial charge in [-0.15, -0.1) is 0 Å². The summed E-state index contributed by atoms with van der Waals surface area (Å²) in [5.74, 6) is -0.973. The Bertz CT molecular complexity index is 508. The quantitative estimate of drug-likeness (QED) is 0.715. The Labute approximate surface area is 79.4 Å². The van der Waals surface area contributed by atoms with Crippen molar-refractivity contribution >= 4 is 16.7 Å². The van der Waals surface area contributed by atoms with Crippen molar-refractivity contribution in [3.05, 3.63) is 36.2 Å². The maximum Gasteiger partial charge on any atom is 0.336 e. The fraction of sp³-hybridized carbons (Fsp3) is 0. The number of benzene rings is 1. The Morgan fingerprint density at radius 1 is 1.21 bits per heavy atom. The summed E-state index contributed by atoms with van der Waals surface area (Å²) in [4.78, 5) is 14.6. The van der Waals surface area contributed by atoms with Crippen molar-refractivity contribution in [2.24, 2.45) is 0 Å². The Balaban J connectivity index is 2.88. The summed E-state index contributed by atoms with van der Waals surface area (Å²) in [5.41, 5.74) is 0.167. The molecule has 70 valence electrons. The van der Waals surface area contributed by atoms with Gasteiger partial charge in [-0.05, 0) is 18.2 Å². The van der Waals surface area contributed by atoms with Crippen LogP contribution in [0.1, 0.15) is 10.4 Å². The van der Waals surface area contributed by atoms with E-state index in [-0.39, 0.29) is 11.3 Å². The number of fused-ring (bicyclic) bond motifs is 1. The molecular formula is C10H7NO3. The molecular weight excluding hydrogens is 182 g/mol. The van der Waals surface area contributed by atoms with Crippen LogP contribution >= 0.6 is 0 Å². The number of carbonyl (C=O) groups is 1. The van der Waals surface area contributed by atoms with Gasteiger partial charge in [-0.3, -0.25) is 4.98 Å². The number of rotatable bonds is 1. The van der Waals surface area contributed by atoms with E-state index >= 15 is 0 Å². The second-order valence-electron chi connectivity index (χ2n) is 2.86. The minimum absolute atomic E-state index is 0.0399. The maximum atomic E-state index is 10.8. The number of aromatic nitrogens is 1. The zero-order valence-corrected chi connectivity index (χ0v) is 7.14. The van der Waals surface area contributed by atoms with Crippen molar-refractivity contribution in [3.63, 3.8) is 0 Å². The fourth-order valence-corrected chi connectivity index (χ4v) is 1.36. The van der Waals surface area contributed by atoms with Gasteiger partial charge in [-0.2, -0.15) is 0 Å². The van der Waals surface area contributed by atoms with Gasteiger partial charge in [0.2, 0.25) is 0 Å². The smallest absolute Gasteiger partial charge is 0.336 e. The summed E-state index contributed by atoms with van der Waals surface area (Å²) >= 11 is 0. The van der Waals surface area contributed by atoms with E-state index in [0.29, 0.717) is 10.8 Å². The van der Waals surface area contributed by atoms with Gasteiger partial charge in [0, 0.05) is 23.2 Å². The summed E-state index contributed by atoms with van der Waals surface area (Å²) in [6, 6.07) is 4.30. The van der Waals surface area contributed by atoms with Crippen LogP contribution in [0.5, 0.6) is 5.75 Å². The van der Waals surface area contributed by atoms with Gasteiger partial charge in [-0.1, -0.05) is 0 Å². The van der Waals surface area contributed by atoms with Crippen molar-refractivity contribution in [2.75, 3.05) is 0 Å². The van der Waals surface area contributed by atoms with Gasteiger partial charge in [0.1, 0.15) is 5.75 Å². The SMILES string of the molecule is O=C(O)c1ccc(O)c2cnccc12. The van der Waals surface area contributed by atoms with E-state index in [4.69, 9.17) is 5.11 Å². The molecule has 2 N–H and O–H groups in total. The van der Waals surface area contributed by atoms with E-state index in [1.54, 1.807) is 6.07 Å². The molecule has 0 fully saturated rings. The third-order valence-corrected chi connectivity index (χ3v) is 2.03. The molecule has 0 saturated carbocycles. The zero-order valence-electron chi connectivity index (χ0n) is 7.14. The summed E-state index contributed by atoms with van der Waals surface area (Å²) in [5, 5.41) is 19.3. The maximum absolute atomic E-state index is 10.8. The number of aromatic hydroxyl groups is 1. The van der Waals surface area contributed by atoms with E-state index in [2.05, 4.69) is 4.98 Å². The summed E-state index contributed by atoms with van der Waals surface area (Å²) in [6.07, 6.45) is 2.94. The molecule has 1 heterocycles. The first-order valence-corrected chi connectivity index (χ1v) is 3.99. The van der Waals surface area contributed by atoms with E-state index in [1.807, 2.05) is 0 Å². The van der Waals surface area contributed by atoms with Gasteiger partial charge in [0.15, 0.2) is 0 Å². The topological polar surface area (TPSA) is 70.4 Å². The highest BCUT2D eigenvalue weighted by Gasteiger charge is 2.10. The van der Waals surface area contributed by atoms with Gasteiger partial charge in [-0.25, -0.2) is 4.79 Å². The number of nitrogens with zero attached hydrogens (tertiary/aromatic N) is 1. The van der Waals surface area contributed by atoms with Crippen LogP contribution in [0.15, 0.2) is 30.6 Å². The molecule has 0 unspecified atom stereocenters. The predicted octanol–water partition coefficient (Wildman–Crippen LogP) is 1.64. The molecule has 4 heteroatoms. The van der Waals surface area contributed by atoms with Crippen LogP contribution in [0.3, 0.4) is 0 Å². The normalized spacial score (nSPS) is 10.3. The molecule has 0 aliphatic rings. The number of carboxylic acids is 1. The van der Waals surface area contributed by atoms with Crippen molar-refractivity contribution in [1.82, 2.24) is 4.98 Å². The van der Waals surface area contributed by atoms with Gasteiger partial charge < -0.3 is 10.2 Å². The lowest BCUT2D eigenvalue weighted by Crippen LogP contribution is -1.97. The molecule has 0 spiro atoms. The molecule has 2 rings (SSSR count). The lowest BCUT2D eigenvalue weighted by Gasteiger charge is -2.03. The number of pyridine rings is 1. The van der Waals surface area contributed by atoms with Crippen LogP contribution in [0, 0.1) is 0 Å². The Morgan fingerprint density at radius 3 is 2.71 bits per heavy atom. The van der Waals surface area contributed by atoms with Crippen LogP contribution in [-0.2, 0) is 0 Å². The van der Waals surface area contributed by atoms with Crippen LogP contribution in [0.25, 0.3) is 10.8 Å². The number of hydrogen-bond donors (Lipinski definition) is 2. The molecule has 0 aliphatic heterocycles. The first-order chi connectivity index (χ1) is 6.70. The van der Waals surface area contributed by atoms with Crippen molar-refractivity contribution in [3.8, 4) is 5.75 Å². The molecule has 0 radical (unpaired) electrons. The Hall–Kier alpha value is -2.10. The molecule has 0 atom stereocenters. The molecule has 4 nitrogen and oxygen atoms in total. The van der Waals surface area contributed by atoms with Crippen molar-refractivity contribution in [1.29, 1.82) is 0 Å². The van der Waals surface area contributed by atoms with Crippen LogP contribution in [0.2, 0.25) is 0 Å². The number of hydrogen-bond acceptors (Lipinski definition) is 3. The third kappa shape index (κ3) is 1.17. The molecule has 1 aromatic carbocycles. The fourth-order valence-electron chi connectivity index (χ4n) is 1.36. The van der Waals surface area contributed by atoms with Gasteiger partial charge >= 0.3 is 5.97 Å². The molecule has 2 aromatic rings. The second-order valence-corrected chi connectivity index (χ2v) is 2.86. The summed E-state index contributed by atoms with van der Waals surface area (Å²) in [6.45, 7) is 0. The third-order valence-electron chi connectivity index (χ3n) is 2.03. The average molecular weight is 189 g/mol. The second kappa shape index (κ2) is 2.99. The standard InChI is InChI=1S/C10H7NO3/c12-9-2-1-7(10(13)14)6-3-4-11-5-8(6)9/h1-5,12H,(H,13,14). The lowest BCUT2D eigenvalue weighted by molar-refractivity contribution is 0.0699. The average Bonchev–Trinajstić information content (AvgIpc) is 2.18. The largest absolute Gasteiger partial charge is 0.507 e. The highest BCUT2D eigenvalue weighted by Crippen LogP contribution is 2.26. The minimum Gasteiger partial charge on any atom is -0.507 e. The highest BCUT2D eigenvalue weighted by atomic mass is 16.4. The van der Waals surface area contributed by atoms with Crippen LogP contribution < -0.4 is 0 Å². The zero-order chi connectivity index (χ0) is 10.1. The highest BCUT2D eigenvalue weighted by molar-refractivity contribution is 6.05. The van der Waals surface area contributed by atoms with Gasteiger partial charge in [0.05, 0.1) is 5.56 Å². The lowest BCUT2D eigenvalue weighted by atomic mass is 10.1. The molecule has 14 heavy (non-hydrogen) atoms. The number of phenolic OH excluding ortho intramolecular Hbond substituents is 1. The van der Waals surface area contributed by atoms with E-state index in [0.717, 1.165) is 0 Å². The molecule has 0 aliphatic carbocycles. The monoisotopic (exact) mass is 189 g/mol. The Kier molecular flexibility index (Phi) is 1.81. The molecule has 0 saturated heterocycles. The van der Waals surface area contributed by atoms with Gasteiger partial charge in [0.25, 0.3) is 0 Å². The number of carboxylic acid groups (broad SMARTS) is 1. The first kappa shape index (κ1) is 8.50. The minimum atomic E-state index is -1.01. The molecule has 0 bridgehead atoms. The first-order valence-electron chi connectivity index (χ1n) is 3.99. The summed E-state index contributed by atoms with van der Waals surface area (Å²) in [7, 11) is 0. The van der Waals surface area contributed by atoms with Crippen molar-refractivity contribution in [2.45, 2.75) is 0 Å². The molecule has 1 aromatic heterocycles. The van der Waals surface area contributed by atoms with Crippen LogP contribution in [-0.4, -0.2) is 21.2 Å². The Morgan fingerprint density at radius 2 is 2.00 bits per heavy atom. The van der Waals surface area contributed by atoms with Crippen molar-refractivity contribution < 1.29 is 15.0 Å². The number of aromatic carboxylic acids is 1. The molecule has 0 amide bonds. The summed E-state index contributed by atoms with van der Waals surface area (Å²) < 4.78 is 0. The van der Waals surface area contributed by atoms with E-state index in [1.165, 1.54) is 24.5 Å². The number of phenols is 1. The predicted molar refractivity (Wildman–Crippen MR) is 50.4 cm³/mol. The van der Waals surface area contributed by atoms with Crippen LogP contribution in [0.4, 0.5) is 0 Å². The van der Waals surface area contributed by atoms with E-state index < -0.39 is 5.97 Å². The van der Waals surface area contributed by atoms with E-state index in [9.17, 15) is 9.90 Å².